The van der Waals surface area contributed by atoms with E-state index < -0.39 is 17.7 Å². The molecule has 0 saturated carbocycles. The predicted molar refractivity (Wildman–Crippen MR) is 110 cm³/mol. The summed E-state index contributed by atoms with van der Waals surface area (Å²) in [5, 5.41) is 4.97. The Morgan fingerprint density at radius 1 is 1.14 bits per heavy atom. The Morgan fingerprint density at radius 2 is 1.89 bits per heavy atom. The van der Waals surface area contributed by atoms with E-state index in [1.807, 2.05) is 30.3 Å². The molecule has 0 radical (unpaired) electrons. The van der Waals surface area contributed by atoms with Crippen LogP contribution in [-0.2, 0) is 9.53 Å². The minimum Gasteiger partial charge on any atom is -0.465 e. The summed E-state index contributed by atoms with van der Waals surface area (Å²) in [6, 6.07) is 13.6. The Labute approximate surface area is 170 Å². The summed E-state index contributed by atoms with van der Waals surface area (Å²) in [5.41, 5.74) is 1.87. The molecule has 0 bridgehead atoms. The zero-order chi connectivity index (χ0) is 20.1. The lowest BCUT2D eigenvalue weighted by Gasteiger charge is -2.06. The molecule has 2 aromatic carbocycles. The number of halogens is 2. The third kappa shape index (κ3) is 4.30. The number of anilines is 1. The van der Waals surface area contributed by atoms with Crippen molar-refractivity contribution in [3.8, 4) is 11.1 Å². The number of hydrogen-bond donors (Lipinski definition) is 1. The van der Waals surface area contributed by atoms with Crippen LogP contribution in [-0.4, -0.2) is 19.0 Å². The van der Waals surface area contributed by atoms with Crippen LogP contribution in [0.25, 0.3) is 17.2 Å². The maximum Gasteiger partial charge on any atom is 0.341 e. The topological polar surface area (TPSA) is 55.4 Å². The van der Waals surface area contributed by atoms with Crippen molar-refractivity contribution in [2.24, 2.45) is 0 Å². The van der Waals surface area contributed by atoms with Gasteiger partial charge in [-0.15, -0.1) is 11.3 Å². The molecule has 4 nitrogen and oxygen atoms in total. The zero-order valence-corrected chi connectivity index (χ0v) is 16.3. The molecule has 0 unspecified atom stereocenters. The third-order valence-electron chi connectivity index (χ3n) is 3.90. The van der Waals surface area contributed by atoms with Crippen molar-refractivity contribution in [2.45, 2.75) is 0 Å². The van der Waals surface area contributed by atoms with Crippen molar-refractivity contribution < 1.29 is 18.7 Å². The first-order valence-electron chi connectivity index (χ1n) is 8.19. The van der Waals surface area contributed by atoms with Crippen LogP contribution in [0.3, 0.4) is 0 Å². The molecular weight excluding hydrogens is 401 g/mol. The van der Waals surface area contributed by atoms with E-state index in [-0.39, 0.29) is 16.1 Å². The average Bonchev–Trinajstić information content (AvgIpc) is 3.11. The lowest BCUT2D eigenvalue weighted by atomic mass is 10.0. The Kier molecular flexibility index (Phi) is 6.23. The highest BCUT2D eigenvalue weighted by molar-refractivity contribution is 7.15. The first-order chi connectivity index (χ1) is 13.5. The lowest BCUT2D eigenvalue weighted by Crippen LogP contribution is -2.11. The first-order valence-corrected chi connectivity index (χ1v) is 9.45. The second kappa shape index (κ2) is 8.82. The standard InChI is InChI=1S/C21H15ClFNO3S/c1-27-21(26)19-15(13-6-3-2-4-7-13)12-28-20(19)24-18(25)11-10-14-16(22)8-5-9-17(14)23/h2-12H,1H3,(H,24,25). The van der Waals surface area contributed by atoms with Gasteiger partial charge in [0, 0.05) is 22.6 Å². The quantitative estimate of drug-likeness (QED) is 0.433. The van der Waals surface area contributed by atoms with Crippen molar-refractivity contribution in [3.05, 3.63) is 82.0 Å². The van der Waals surface area contributed by atoms with Crippen LogP contribution in [0.5, 0.6) is 0 Å². The van der Waals surface area contributed by atoms with Crippen LogP contribution < -0.4 is 5.32 Å². The van der Waals surface area contributed by atoms with E-state index in [0.717, 1.165) is 11.6 Å². The van der Waals surface area contributed by atoms with Crippen molar-refractivity contribution >= 4 is 45.9 Å². The second-order valence-corrected chi connectivity index (χ2v) is 6.96. The van der Waals surface area contributed by atoms with Gasteiger partial charge in [-0.3, -0.25) is 4.79 Å². The van der Waals surface area contributed by atoms with Crippen molar-refractivity contribution in [2.75, 3.05) is 12.4 Å². The van der Waals surface area contributed by atoms with Crippen LogP contribution >= 0.6 is 22.9 Å². The number of carbonyl (C=O) groups excluding carboxylic acids is 2. The van der Waals surface area contributed by atoms with Gasteiger partial charge in [-0.1, -0.05) is 48.0 Å². The SMILES string of the molecule is COC(=O)c1c(-c2ccccc2)csc1NC(=O)C=Cc1c(F)cccc1Cl. The molecule has 1 amide bonds. The summed E-state index contributed by atoms with van der Waals surface area (Å²) >= 11 is 7.15. The molecule has 0 fully saturated rings. The molecule has 0 aliphatic rings. The van der Waals surface area contributed by atoms with E-state index in [2.05, 4.69) is 5.32 Å². The van der Waals surface area contributed by atoms with Gasteiger partial charge in [0.15, 0.2) is 0 Å². The molecule has 28 heavy (non-hydrogen) atoms. The molecule has 0 saturated heterocycles. The number of benzene rings is 2. The maximum absolute atomic E-state index is 13.8. The van der Waals surface area contributed by atoms with Crippen molar-refractivity contribution in [3.63, 3.8) is 0 Å². The van der Waals surface area contributed by atoms with E-state index in [9.17, 15) is 14.0 Å². The number of carbonyl (C=O) groups is 2. The summed E-state index contributed by atoms with van der Waals surface area (Å²) in [4.78, 5) is 24.6. The number of rotatable bonds is 5. The number of hydrogen-bond acceptors (Lipinski definition) is 4. The van der Waals surface area contributed by atoms with Gasteiger partial charge in [0.2, 0.25) is 5.91 Å². The number of esters is 1. The van der Waals surface area contributed by atoms with Gasteiger partial charge >= 0.3 is 5.97 Å². The molecule has 1 heterocycles. The first kappa shape index (κ1) is 19.8. The van der Waals surface area contributed by atoms with E-state index >= 15 is 0 Å². The van der Waals surface area contributed by atoms with Crippen LogP contribution in [0.1, 0.15) is 15.9 Å². The predicted octanol–water partition coefficient (Wildman–Crippen LogP) is 5.65. The van der Waals surface area contributed by atoms with E-state index in [1.54, 1.807) is 5.38 Å². The van der Waals surface area contributed by atoms with Gasteiger partial charge in [-0.05, 0) is 23.8 Å². The van der Waals surface area contributed by atoms with Crippen LogP contribution in [0.4, 0.5) is 9.39 Å². The Morgan fingerprint density at radius 3 is 2.57 bits per heavy atom. The highest BCUT2D eigenvalue weighted by Gasteiger charge is 2.21. The maximum atomic E-state index is 13.8. The van der Waals surface area contributed by atoms with E-state index in [4.69, 9.17) is 16.3 Å². The molecule has 3 rings (SSSR count). The molecule has 3 aromatic rings. The van der Waals surface area contributed by atoms with Gasteiger partial charge in [0.1, 0.15) is 16.4 Å². The lowest BCUT2D eigenvalue weighted by molar-refractivity contribution is -0.111. The number of thiophene rings is 1. The molecule has 142 valence electrons. The fourth-order valence-electron chi connectivity index (χ4n) is 2.57. The molecule has 0 aliphatic carbocycles. The molecule has 1 aromatic heterocycles. The van der Waals surface area contributed by atoms with Crippen LogP contribution in [0, 0.1) is 5.82 Å². The number of ether oxygens (including phenoxy) is 1. The summed E-state index contributed by atoms with van der Waals surface area (Å²) < 4.78 is 18.7. The van der Waals surface area contributed by atoms with Crippen molar-refractivity contribution in [1.82, 2.24) is 0 Å². The highest BCUT2D eigenvalue weighted by Crippen LogP contribution is 2.36. The Balaban J connectivity index is 1.88. The summed E-state index contributed by atoms with van der Waals surface area (Å²) in [7, 11) is 1.28. The number of amides is 1. The molecular formula is C21H15ClFNO3S. The summed E-state index contributed by atoms with van der Waals surface area (Å²) in [5.74, 6) is -1.61. The minimum atomic E-state index is -0.559. The van der Waals surface area contributed by atoms with Gasteiger partial charge in [-0.2, -0.15) is 0 Å². The molecule has 0 spiro atoms. The van der Waals surface area contributed by atoms with Gasteiger partial charge in [0.05, 0.1) is 12.1 Å². The van der Waals surface area contributed by atoms with Gasteiger partial charge < -0.3 is 10.1 Å². The number of methoxy groups -OCH3 is 1. The molecule has 7 heteroatoms. The average molecular weight is 416 g/mol. The fraction of sp³-hybridized carbons (Fsp3) is 0.0476. The van der Waals surface area contributed by atoms with Crippen LogP contribution in [0.15, 0.2) is 60.0 Å². The van der Waals surface area contributed by atoms with Gasteiger partial charge in [-0.25, -0.2) is 9.18 Å². The summed E-state index contributed by atoms with van der Waals surface area (Å²) in [6.07, 6.45) is 2.45. The number of nitrogens with one attached hydrogen (secondary N) is 1. The van der Waals surface area contributed by atoms with Crippen molar-refractivity contribution in [1.29, 1.82) is 0 Å². The molecule has 0 atom stereocenters. The monoisotopic (exact) mass is 415 g/mol. The van der Waals surface area contributed by atoms with Crippen LogP contribution in [0.2, 0.25) is 5.02 Å². The van der Waals surface area contributed by atoms with Gasteiger partial charge in [0.25, 0.3) is 0 Å². The largest absolute Gasteiger partial charge is 0.465 e. The Hall–Kier alpha value is -2.96. The third-order valence-corrected chi connectivity index (χ3v) is 5.13. The minimum absolute atomic E-state index is 0.115. The van der Waals surface area contributed by atoms with E-state index in [1.165, 1.54) is 42.7 Å². The fourth-order valence-corrected chi connectivity index (χ4v) is 3.75. The normalized spacial score (nSPS) is 10.8. The Bertz CT molecular complexity index is 1030. The smallest absolute Gasteiger partial charge is 0.341 e. The highest BCUT2D eigenvalue weighted by atomic mass is 35.5. The molecule has 0 aliphatic heterocycles. The second-order valence-electron chi connectivity index (χ2n) is 5.67. The van der Waals surface area contributed by atoms with E-state index in [0.29, 0.717) is 10.6 Å². The summed E-state index contributed by atoms with van der Waals surface area (Å²) in [6.45, 7) is 0. The molecule has 1 N–H and O–H groups in total. The zero-order valence-electron chi connectivity index (χ0n) is 14.7.